The smallest absolute Gasteiger partial charge is 0.231 e. The monoisotopic (exact) mass is 302 g/mol. The molecule has 7 heteroatoms. The van der Waals surface area contributed by atoms with Crippen molar-refractivity contribution in [3.05, 3.63) is 41.7 Å². The molecule has 2 rings (SSSR count). The number of thioether (sulfide) groups is 1. The van der Waals surface area contributed by atoms with E-state index < -0.39 is 11.9 Å². The van der Waals surface area contributed by atoms with Crippen LogP contribution in [0.25, 0.3) is 10.6 Å². The molecule has 0 unspecified atom stereocenters. The van der Waals surface area contributed by atoms with Crippen molar-refractivity contribution in [3.8, 4) is 10.6 Å². The van der Waals surface area contributed by atoms with Gasteiger partial charge in [-0.2, -0.15) is 8.78 Å². The van der Waals surface area contributed by atoms with E-state index in [1.807, 2.05) is 17.5 Å². The quantitative estimate of drug-likeness (QED) is 0.588. The number of aromatic nitrogens is 2. The lowest BCUT2D eigenvalue weighted by molar-refractivity contribution is 0.373. The molecule has 2 heterocycles. The maximum absolute atomic E-state index is 12.6. The molecule has 0 aliphatic carbocycles. The summed E-state index contributed by atoms with van der Waals surface area (Å²) in [6.45, 7) is 0. The van der Waals surface area contributed by atoms with Crippen molar-refractivity contribution in [1.29, 1.82) is 0 Å². The Kier molecular flexibility index (Phi) is 4.98. The molecule has 2 nitrogen and oxygen atoms in total. The summed E-state index contributed by atoms with van der Waals surface area (Å²) in [5, 5.41) is 2.40. The maximum Gasteiger partial charge on any atom is 0.301 e. The van der Waals surface area contributed by atoms with Crippen molar-refractivity contribution in [2.45, 2.75) is 11.6 Å². The third-order valence-electron chi connectivity index (χ3n) is 2.16. The first-order chi connectivity index (χ1) is 9.16. The van der Waals surface area contributed by atoms with Gasteiger partial charge in [0.1, 0.15) is 0 Å². The molecule has 2 aromatic heterocycles. The zero-order valence-electron chi connectivity index (χ0n) is 9.65. The summed E-state index contributed by atoms with van der Waals surface area (Å²) in [6.07, 6.45) is -0.972. The van der Waals surface area contributed by atoms with Crippen molar-refractivity contribution in [2.24, 2.45) is 0 Å². The number of nitrogens with zero attached hydrogens (tertiary/aromatic N) is 2. The Morgan fingerprint density at radius 3 is 2.79 bits per heavy atom. The van der Waals surface area contributed by atoms with Crippen molar-refractivity contribution in [2.75, 3.05) is 5.75 Å². The van der Waals surface area contributed by atoms with Crippen LogP contribution in [0.4, 0.5) is 13.2 Å². The van der Waals surface area contributed by atoms with Gasteiger partial charge in [0.05, 0.1) is 10.6 Å². The maximum atomic E-state index is 12.6. The molecule has 2 aromatic rings. The standard InChI is InChI=1S/C12H9F3N2S2/c13-8(11(14)15)4-7-19-12-16-5-3-9(17-12)10-2-1-6-18-10/h1-3,5-6H,4,7H2. The van der Waals surface area contributed by atoms with E-state index in [0.29, 0.717) is 5.16 Å². The highest BCUT2D eigenvalue weighted by atomic mass is 32.2. The van der Waals surface area contributed by atoms with Crippen LogP contribution in [0.3, 0.4) is 0 Å². The second kappa shape index (κ2) is 6.72. The Hall–Kier alpha value is -1.34. The summed E-state index contributed by atoms with van der Waals surface area (Å²) in [7, 11) is 0. The van der Waals surface area contributed by atoms with Gasteiger partial charge in [0.15, 0.2) is 11.0 Å². The van der Waals surface area contributed by atoms with Gasteiger partial charge in [0.2, 0.25) is 0 Å². The summed E-state index contributed by atoms with van der Waals surface area (Å²) >= 11 is 2.70. The lowest BCUT2D eigenvalue weighted by atomic mass is 10.3. The van der Waals surface area contributed by atoms with Crippen LogP contribution in [-0.4, -0.2) is 15.7 Å². The van der Waals surface area contributed by atoms with Crippen LogP contribution < -0.4 is 0 Å². The predicted octanol–water partition coefficient (Wildman–Crippen LogP) is 4.76. The third kappa shape index (κ3) is 4.07. The van der Waals surface area contributed by atoms with Crippen molar-refractivity contribution >= 4 is 23.1 Å². The number of rotatable bonds is 5. The first-order valence-electron chi connectivity index (χ1n) is 5.36. The van der Waals surface area contributed by atoms with Crippen molar-refractivity contribution in [1.82, 2.24) is 9.97 Å². The minimum atomic E-state index is -2.26. The van der Waals surface area contributed by atoms with Gasteiger partial charge in [-0.15, -0.1) is 11.3 Å². The zero-order valence-corrected chi connectivity index (χ0v) is 11.3. The van der Waals surface area contributed by atoms with E-state index >= 15 is 0 Å². The lowest BCUT2D eigenvalue weighted by Gasteiger charge is -2.01. The van der Waals surface area contributed by atoms with E-state index in [1.54, 1.807) is 23.6 Å². The van der Waals surface area contributed by atoms with Gasteiger partial charge in [-0.05, 0) is 17.5 Å². The van der Waals surface area contributed by atoms with Gasteiger partial charge in [0.25, 0.3) is 0 Å². The number of thiophene rings is 1. The van der Waals surface area contributed by atoms with E-state index in [0.717, 1.165) is 22.3 Å². The van der Waals surface area contributed by atoms with Gasteiger partial charge in [-0.3, -0.25) is 0 Å². The Balaban J connectivity index is 1.99. The van der Waals surface area contributed by atoms with Gasteiger partial charge >= 0.3 is 6.08 Å². The van der Waals surface area contributed by atoms with Crippen LogP contribution in [0.15, 0.2) is 46.8 Å². The van der Waals surface area contributed by atoms with Crippen LogP contribution in [0, 0.1) is 0 Å². The average molecular weight is 302 g/mol. The Bertz CT molecular complexity index is 566. The highest BCUT2D eigenvalue weighted by molar-refractivity contribution is 7.99. The molecule has 19 heavy (non-hydrogen) atoms. The Morgan fingerprint density at radius 1 is 1.26 bits per heavy atom. The first kappa shape index (κ1) is 14.1. The molecule has 0 bridgehead atoms. The number of allylic oxidation sites excluding steroid dienone is 1. The largest absolute Gasteiger partial charge is 0.301 e. The van der Waals surface area contributed by atoms with Crippen LogP contribution >= 0.6 is 23.1 Å². The van der Waals surface area contributed by atoms with E-state index in [2.05, 4.69) is 9.97 Å². The summed E-state index contributed by atoms with van der Waals surface area (Å²) < 4.78 is 36.3. The first-order valence-corrected chi connectivity index (χ1v) is 7.22. The summed E-state index contributed by atoms with van der Waals surface area (Å²) in [5.74, 6) is -1.20. The molecule has 100 valence electrons. The Morgan fingerprint density at radius 2 is 2.11 bits per heavy atom. The average Bonchev–Trinajstić information content (AvgIpc) is 2.93. The second-order valence-electron chi connectivity index (χ2n) is 3.47. The highest BCUT2D eigenvalue weighted by Crippen LogP contribution is 2.25. The van der Waals surface area contributed by atoms with E-state index in [1.165, 1.54) is 0 Å². The summed E-state index contributed by atoms with van der Waals surface area (Å²) in [6, 6.07) is 5.62. The molecular formula is C12H9F3N2S2. The van der Waals surface area contributed by atoms with Crippen LogP contribution in [-0.2, 0) is 0 Å². The SMILES string of the molecule is FC(F)=C(F)CCSc1nccc(-c2cccs2)n1. The highest BCUT2D eigenvalue weighted by Gasteiger charge is 2.07. The summed E-state index contributed by atoms with van der Waals surface area (Å²) in [4.78, 5) is 9.32. The van der Waals surface area contributed by atoms with E-state index in [-0.39, 0.29) is 12.2 Å². The number of hydrogen-bond donors (Lipinski definition) is 0. The molecule has 0 aliphatic heterocycles. The third-order valence-corrected chi connectivity index (χ3v) is 3.92. The van der Waals surface area contributed by atoms with Crippen LogP contribution in [0.2, 0.25) is 0 Å². The van der Waals surface area contributed by atoms with E-state index in [4.69, 9.17) is 0 Å². The normalized spacial score (nSPS) is 10.5. The van der Waals surface area contributed by atoms with Gasteiger partial charge in [-0.1, -0.05) is 17.8 Å². The lowest BCUT2D eigenvalue weighted by Crippen LogP contribution is -1.90. The predicted molar refractivity (Wildman–Crippen MR) is 71.0 cm³/mol. The molecule has 0 aromatic carbocycles. The fraction of sp³-hybridized carbons (Fsp3) is 0.167. The molecule has 0 saturated heterocycles. The topological polar surface area (TPSA) is 25.8 Å². The zero-order chi connectivity index (χ0) is 13.7. The molecular weight excluding hydrogens is 293 g/mol. The van der Waals surface area contributed by atoms with Crippen molar-refractivity contribution < 1.29 is 13.2 Å². The molecule has 0 saturated carbocycles. The van der Waals surface area contributed by atoms with Crippen LogP contribution in [0.5, 0.6) is 0 Å². The molecule has 0 atom stereocenters. The summed E-state index contributed by atoms with van der Waals surface area (Å²) in [5.41, 5.74) is 0.778. The molecule has 0 radical (unpaired) electrons. The van der Waals surface area contributed by atoms with Gasteiger partial charge in [0, 0.05) is 18.4 Å². The van der Waals surface area contributed by atoms with Crippen LogP contribution in [0.1, 0.15) is 6.42 Å². The second-order valence-corrected chi connectivity index (χ2v) is 5.48. The fourth-order valence-electron chi connectivity index (χ4n) is 1.30. The Labute approximate surface area is 116 Å². The number of halogens is 3. The number of hydrogen-bond acceptors (Lipinski definition) is 4. The molecule has 0 spiro atoms. The van der Waals surface area contributed by atoms with Gasteiger partial charge < -0.3 is 0 Å². The molecule has 0 aliphatic rings. The molecule has 0 N–H and O–H groups in total. The fourth-order valence-corrected chi connectivity index (χ4v) is 2.76. The molecule has 0 amide bonds. The minimum Gasteiger partial charge on any atom is -0.231 e. The minimum absolute atomic E-state index is 0.178. The van der Waals surface area contributed by atoms with Crippen molar-refractivity contribution in [3.63, 3.8) is 0 Å². The van der Waals surface area contributed by atoms with E-state index in [9.17, 15) is 13.2 Å². The molecule has 0 fully saturated rings. The van der Waals surface area contributed by atoms with Gasteiger partial charge in [-0.25, -0.2) is 14.4 Å².